The fraction of sp³-hybridized carbons (Fsp3) is 0.172. The molecular weight excluding hydrogens is 573 g/mol. The van der Waals surface area contributed by atoms with Crippen LogP contribution in [0.3, 0.4) is 0 Å². The van der Waals surface area contributed by atoms with Crippen molar-refractivity contribution in [2.24, 2.45) is 0 Å². The van der Waals surface area contributed by atoms with Crippen molar-refractivity contribution in [2.75, 3.05) is 30.0 Å². The zero-order valence-electron chi connectivity index (χ0n) is 22.0. The van der Waals surface area contributed by atoms with Gasteiger partial charge >= 0.3 is 6.03 Å². The minimum Gasteiger partial charge on any atom is -0.494 e. The number of barbiturate groups is 1. The predicted molar refractivity (Wildman–Crippen MR) is 155 cm³/mol. The molecule has 0 unspecified atom stereocenters. The summed E-state index contributed by atoms with van der Waals surface area (Å²) < 4.78 is 16.7. The summed E-state index contributed by atoms with van der Waals surface area (Å²) in [5.74, 6) is -0.943. The summed E-state index contributed by atoms with van der Waals surface area (Å²) in [5.41, 5.74) is 0.900. The van der Waals surface area contributed by atoms with Crippen LogP contribution in [0, 0.1) is 0 Å². The first kappa shape index (κ1) is 29.4. The first-order valence-electron chi connectivity index (χ1n) is 12.5. The smallest absolute Gasteiger partial charge is 0.335 e. The Morgan fingerprint density at radius 3 is 2.29 bits per heavy atom. The molecule has 10 nitrogen and oxygen atoms in total. The van der Waals surface area contributed by atoms with Crippen LogP contribution in [0.25, 0.3) is 6.08 Å². The molecule has 5 amide bonds. The topological polar surface area (TPSA) is 123 Å². The number of hydrogen-bond acceptors (Lipinski definition) is 7. The number of urea groups is 1. The number of anilines is 2. The van der Waals surface area contributed by atoms with Crippen LogP contribution < -0.4 is 29.7 Å². The molecule has 3 aromatic rings. The van der Waals surface area contributed by atoms with Gasteiger partial charge in [-0.1, -0.05) is 29.3 Å². The Kier molecular flexibility index (Phi) is 9.49. The van der Waals surface area contributed by atoms with Gasteiger partial charge in [0.1, 0.15) is 11.3 Å². The minimum atomic E-state index is -0.862. The zero-order chi connectivity index (χ0) is 29.5. The van der Waals surface area contributed by atoms with Crippen molar-refractivity contribution in [1.82, 2.24) is 5.32 Å². The molecule has 4 rings (SSSR count). The molecule has 1 aliphatic heterocycles. The van der Waals surface area contributed by atoms with Gasteiger partial charge in [0.15, 0.2) is 18.1 Å². The van der Waals surface area contributed by atoms with Crippen molar-refractivity contribution >= 4 is 64.4 Å². The molecule has 1 fully saturated rings. The van der Waals surface area contributed by atoms with Gasteiger partial charge in [0.25, 0.3) is 17.7 Å². The monoisotopic (exact) mass is 597 g/mol. The van der Waals surface area contributed by atoms with Crippen molar-refractivity contribution in [2.45, 2.75) is 13.8 Å². The second kappa shape index (κ2) is 13.2. The maximum Gasteiger partial charge on any atom is 0.335 e. The van der Waals surface area contributed by atoms with Gasteiger partial charge in [0.05, 0.1) is 28.9 Å². The standard InChI is InChI=1S/C29H25Cl2N3O7/c1-3-39-20-9-7-19(8-10-20)34-28(37)21(27(36)33-29(34)38)13-17-5-12-24(25(14-17)40-4-2)41-16-26(35)32-18-6-11-22(30)23(31)15-18/h5-15H,3-4,16H2,1-2H3,(H,32,35)(H,33,36,38)/b21-13+. The lowest BCUT2D eigenvalue weighted by Crippen LogP contribution is -2.54. The molecule has 0 aliphatic carbocycles. The van der Waals surface area contributed by atoms with Crippen LogP contribution in [0.4, 0.5) is 16.2 Å². The summed E-state index contributed by atoms with van der Waals surface area (Å²) in [7, 11) is 0. The van der Waals surface area contributed by atoms with Gasteiger partial charge in [-0.15, -0.1) is 0 Å². The number of hydrogen-bond donors (Lipinski definition) is 2. The van der Waals surface area contributed by atoms with E-state index in [1.807, 2.05) is 6.92 Å². The van der Waals surface area contributed by atoms with Crippen LogP contribution in [0.15, 0.2) is 66.2 Å². The Labute approximate surface area is 245 Å². The number of ether oxygens (including phenoxy) is 3. The summed E-state index contributed by atoms with van der Waals surface area (Å²) in [5, 5.41) is 5.51. The highest BCUT2D eigenvalue weighted by Crippen LogP contribution is 2.31. The first-order valence-corrected chi connectivity index (χ1v) is 13.2. The van der Waals surface area contributed by atoms with Crippen LogP contribution in [0.5, 0.6) is 17.2 Å². The van der Waals surface area contributed by atoms with E-state index in [1.54, 1.807) is 61.5 Å². The van der Waals surface area contributed by atoms with E-state index in [4.69, 9.17) is 37.4 Å². The molecular formula is C29H25Cl2N3O7. The van der Waals surface area contributed by atoms with E-state index in [-0.39, 0.29) is 36.0 Å². The van der Waals surface area contributed by atoms with Gasteiger partial charge in [-0.05, 0) is 80.1 Å². The van der Waals surface area contributed by atoms with Gasteiger partial charge in [-0.2, -0.15) is 0 Å². The van der Waals surface area contributed by atoms with Gasteiger partial charge in [0.2, 0.25) is 0 Å². The average molecular weight is 598 g/mol. The molecule has 212 valence electrons. The lowest BCUT2D eigenvalue weighted by Gasteiger charge is -2.26. The number of carbonyl (C=O) groups excluding carboxylic acids is 4. The average Bonchev–Trinajstić information content (AvgIpc) is 2.94. The van der Waals surface area contributed by atoms with E-state index in [0.717, 1.165) is 4.90 Å². The van der Waals surface area contributed by atoms with Gasteiger partial charge in [-0.3, -0.25) is 19.7 Å². The normalized spacial score (nSPS) is 14.1. The molecule has 0 radical (unpaired) electrons. The van der Waals surface area contributed by atoms with E-state index in [1.165, 1.54) is 12.1 Å². The Hall–Kier alpha value is -4.54. The van der Waals surface area contributed by atoms with Crippen LogP contribution in [-0.4, -0.2) is 43.6 Å². The van der Waals surface area contributed by atoms with Crippen molar-refractivity contribution < 1.29 is 33.4 Å². The molecule has 1 heterocycles. The van der Waals surface area contributed by atoms with Gasteiger partial charge in [0, 0.05) is 5.69 Å². The Balaban J connectivity index is 1.51. The largest absolute Gasteiger partial charge is 0.494 e. The van der Waals surface area contributed by atoms with Crippen LogP contribution in [-0.2, 0) is 14.4 Å². The first-order chi connectivity index (χ1) is 19.7. The number of nitrogens with zero attached hydrogens (tertiary/aromatic N) is 1. The number of amides is 5. The number of halogens is 2. The quantitative estimate of drug-likeness (QED) is 0.234. The summed E-state index contributed by atoms with van der Waals surface area (Å²) in [6.07, 6.45) is 1.34. The van der Waals surface area contributed by atoms with E-state index in [2.05, 4.69) is 10.6 Å². The molecule has 3 aromatic carbocycles. The molecule has 0 spiro atoms. The van der Waals surface area contributed by atoms with Crippen molar-refractivity contribution in [3.05, 3.63) is 81.8 Å². The molecule has 1 saturated heterocycles. The van der Waals surface area contributed by atoms with Crippen molar-refractivity contribution in [1.29, 1.82) is 0 Å². The second-order valence-electron chi connectivity index (χ2n) is 8.49. The third kappa shape index (κ3) is 7.16. The second-order valence-corrected chi connectivity index (χ2v) is 9.30. The number of carbonyl (C=O) groups is 4. The van der Waals surface area contributed by atoms with Crippen LogP contribution in [0.1, 0.15) is 19.4 Å². The summed E-state index contributed by atoms with van der Waals surface area (Å²) in [6.45, 7) is 4.02. The molecule has 41 heavy (non-hydrogen) atoms. The molecule has 2 N–H and O–H groups in total. The fourth-order valence-electron chi connectivity index (χ4n) is 3.83. The maximum atomic E-state index is 13.2. The van der Waals surface area contributed by atoms with Crippen molar-refractivity contribution in [3.63, 3.8) is 0 Å². The minimum absolute atomic E-state index is 0.254. The van der Waals surface area contributed by atoms with E-state index in [0.29, 0.717) is 33.7 Å². The SMILES string of the molecule is CCOc1ccc(N2C(=O)NC(=O)/C(=C\c3ccc(OCC(=O)Nc4ccc(Cl)c(Cl)c4)c(OCC)c3)C2=O)cc1. The summed E-state index contributed by atoms with van der Waals surface area (Å²) in [6, 6.07) is 14.8. The van der Waals surface area contributed by atoms with Gasteiger partial charge in [-0.25, -0.2) is 9.69 Å². The third-order valence-corrected chi connectivity index (χ3v) is 6.39. The Morgan fingerprint density at radius 2 is 1.61 bits per heavy atom. The summed E-state index contributed by atoms with van der Waals surface area (Å²) in [4.78, 5) is 51.6. The fourth-order valence-corrected chi connectivity index (χ4v) is 4.13. The maximum absolute atomic E-state index is 13.2. The molecule has 0 atom stereocenters. The highest BCUT2D eigenvalue weighted by atomic mass is 35.5. The van der Waals surface area contributed by atoms with Gasteiger partial charge < -0.3 is 19.5 Å². The van der Waals surface area contributed by atoms with Crippen LogP contribution >= 0.6 is 23.2 Å². The Morgan fingerprint density at radius 1 is 0.878 bits per heavy atom. The number of nitrogens with one attached hydrogen (secondary N) is 2. The number of rotatable bonds is 10. The van der Waals surface area contributed by atoms with Crippen LogP contribution in [0.2, 0.25) is 10.0 Å². The zero-order valence-corrected chi connectivity index (χ0v) is 23.5. The number of imide groups is 2. The number of benzene rings is 3. The predicted octanol–water partition coefficient (Wildman–Crippen LogP) is 5.47. The lowest BCUT2D eigenvalue weighted by molar-refractivity contribution is -0.122. The van der Waals surface area contributed by atoms with E-state index >= 15 is 0 Å². The van der Waals surface area contributed by atoms with E-state index < -0.39 is 23.8 Å². The molecule has 0 aromatic heterocycles. The molecule has 1 aliphatic rings. The third-order valence-electron chi connectivity index (χ3n) is 5.65. The molecule has 12 heteroatoms. The van der Waals surface area contributed by atoms with Crippen molar-refractivity contribution in [3.8, 4) is 17.2 Å². The molecule has 0 bridgehead atoms. The lowest BCUT2D eigenvalue weighted by atomic mass is 10.1. The highest BCUT2D eigenvalue weighted by molar-refractivity contribution is 6.42. The highest BCUT2D eigenvalue weighted by Gasteiger charge is 2.36. The molecule has 0 saturated carbocycles. The Bertz CT molecular complexity index is 1520. The summed E-state index contributed by atoms with van der Waals surface area (Å²) >= 11 is 11.9. The van der Waals surface area contributed by atoms with E-state index in [9.17, 15) is 19.2 Å².